The molecule has 0 bridgehead atoms. The number of nitrogens with zero attached hydrogens (tertiary/aromatic N) is 1. The second-order valence-electron chi connectivity index (χ2n) is 4.51. The molecular weight excluding hydrogens is 260 g/mol. The van der Waals surface area contributed by atoms with E-state index in [1.165, 1.54) is 9.75 Å². The van der Waals surface area contributed by atoms with Crippen molar-refractivity contribution < 1.29 is 9.47 Å². The first-order chi connectivity index (χ1) is 9.30. The van der Waals surface area contributed by atoms with Crippen LogP contribution in [0.3, 0.4) is 0 Å². The molecule has 0 atom stereocenters. The number of nitrogens with one attached hydrogen (secondary N) is 1. The molecule has 0 spiro atoms. The predicted molar refractivity (Wildman–Crippen MR) is 80.7 cm³/mol. The quantitative estimate of drug-likeness (QED) is 0.631. The molecule has 0 aliphatic rings. The monoisotopic (exact) mass is 286 g/mol. The third-order valence-corrected chi connectivity index (χ3v) is 3.95. The molecule has 0 radical (unpaired) electrons. The molecule has 5 heteroatoms. The highest BCUT2D eigenvalue weighted by Crippen LogP contribution is 2.18. The molecule has 0 saturated carbocycles. The summed E-state index contributed by atoms with van der Waals surface area (Å²) < 4.78 is 10.3. The van der Waals surface area contributed by atoms with Crippen molar-refractivity contribution in [3.63, 3.8) is 0 Å². The van der Waals surface area contributed by atoms with Crippen molar-refractivity contribution in [1.29, 1.82) is 0 Å². The molecule has 1 rings (SSSR count). The van der Waals surface area contributed by atoms with E-state index in [1.54, 1.807) is 14.2 Å². The van der Waals surface area contributed by atoms with Crippen molar-refractivity contribution in [2.45, 2.75) is 19.5 Å². The van der Waals surface area contributed by atoms with E-state index in [4.69, 9.17) is 9.47 Å². The van der Waals surface area contributed by atoms with Crippen LogP contribution in [0.5, 0.6) is 0 Å². The summed E-state index contributed by atoms with van der Waals surface area (Å²) in [5.41, 5.74) is 0. The molecule has 0 unspecified atom stereocenters. The van der Waals surface area contributed by atoms with E-state index in [-0.39, 0.29) is 0 Å². The van der Waals surface area contributed by atoms with Gasteiger partial charge in [-0.2, -0.15) is 0 Å². The minimum atomic E-state index is 0.779. The maximum Gasteiger partial charge on any atom is 0.0589 e. The molecule has 0 amide bonds. The van der Waals surface area contributed by atoms with Crippen LogP contribution in [0.25, 0.3) is 0 Å². The van der Waals surface area contributed by atoms with Crippen molar-refractivity contribution in [3.8, 4) is 0 Å². The van der Waals surface area contributed by atoms with E-state index in [1.807, 2.05) is 18.4 Å². The summed E-state index contributed by atoms with van der Waals surface area (Å²) in [6, 6.07) is 4.44. The van der Waals surface area contributed by atoms with Gasteiger partial charge in [-0.05, 0) is 25.6 Å². The second kappa shape index (κ2) is 10.3. The van der Waals surface area contributed by atoms with Gasteiger partial charge in [0.05, 0.1) is 6.61 Å². The van der Waals surface area contributed by atoms with Crippen LogP contribution in [0, 0.1) is 0 Å². The Balaban J connectivity index is 2.43. The molecule has 0 aromatic carbocycles. The zero-order chi connectivity index (χ0) is 13.9. The van der Waals surface area contributed by atoms with Crippen molar-refractivity contribution in [1.82, 2.24) is 10.2 Å². The summed E-state index contributed by atoms with van der Waals surface area (Å²) in [5.74, 6) is 0. The minimum absolute atomic E-state index is 0.779. The Bertz CT molecular complexity index is 331. The van der Waals surface area contributed by atoms with Gasteiger partial charge in [0.25, 0.3) is 0 Å². The predicted octanol–water partition coefficient (Wildman–Crippen LogP) is 1.95. The average Bonchev–Trinajstić information content (AvgIpc) is 2.84. The molecule has 0 fully saturated rings. The highest BCUT2D eigenvalue weighted by atomic mass is 32.1. The summed E-state index contributed by atoms with van der Waals surface area (Å²) in [6.07, 6.45) is 1.06. The van der Waals surface area contributed by atoms with E-state index >= 15 is 0 Å². The largest absolute Gasteiger partial charge is 0.385 e. The Morgan fingerprint density at radius 1 is 1.11 bits per heavy atom. The third-order valence-electron chi connectivity index (χ3n) is 2.88. The highest BCUT2D eigenvalue weighted by Gasteiger charge is 2.08. The van der Waals surface area contributed by atoms with Gasteiger partial charge in [0.2, 0.25) is 0 Å². The first-order valence-electron chi connectivity index (χ1n) is 6.72. The molecule has 110 valence electrons. The van der Waals surface area contributed by atoms with Crippen molar-refractivity contribution >= 4 is 11.3 Å². The molecular formula is C14H26N2O2S. The Hall–Kier alpha value is -0.460. The molecule has 0 aliphatic heterocycles. The standard InChI is InChI=1S/C14H26N2O2S/c1-15-11-13-5-6-14(19-13)12-16(8-10-18-3)7-4-9-17-2/h5-6,15H,4,7-12H2,1-3H3. The smallest absolute Gasteiger partial charge is 0.0589 e. The number of rotatable bonds is 11. The summed E-state index contributed by atoms with van der Waals surface area (Å²) in [7, 11) is 5.49. The second-order valence-corrected chi connectivity index (χ2v) is 5.77. The van der Waals surface area contributed by atoms with Crippen LogP contribution in [0.2, 0.25) is 0 Å². The summed E-state index contributed by atoms with van der Waals surface area (Å²) in [6.45, 7) is 5.57. The fourth-order valence-electron chi connectivity index (χ4n) is 1.92. The maximum absolute atomic E-state index is 5.18. The number of ether oxygens (including phenoxy) is 2. The molecule has 1 aromatic rings. The van der Waals surface area contributed by atoms with Crippen molar-refractivity contribution in [3.05, 3.63) is 21.9 Å². The van der Waals surface area contributed by atoms with Crippen molar-refractivity contribution in [2.75, 3.05) is 47.6 Å². The van der Waals surface area contributed by atoms with Gasteiger partial charge >= 0.3 is 0 Å². The molecule has 4 nitrogen and oxygen atoms in total. The third kappa shape index (κ3) is 7.03. The Morgan fingerprint density at radius 2 is 1.84 bits per heavy atom. The van der Waals surface area contributed by atoms with Crippen LogP contribution < -0.4 is 5.32 Å². The van der Waals surface area contributed by atoms with Crippen LogP contribution in [-0.2, 0) is 22.6 Å². The lowest BCUT2D eigenvalue weighted by Crippen LogP contribution is -2.28. The van der Waals surface area contributed by atoms with Crippen LogP contribution in [0.15, 0.2) is 12.1 Å². The average molecular weight is 286 g/mol. The van der Waals surface area contributed by atoms with Gasteiger partial charge in [0, 0.05) is 56.8 Å². The van der Waals surface area contributed by atoms with E-state index in [2.05, 4.69) is 22.3 Å². The number of methoxy groups -OCH3 is 2. The lowest BCUT2D eigenvalue weighted by atomic mass is 10.3. The fourth-order valence-corrected chi connectivity index (χ4v) is 2.99. The topological polar surface area (TPSA) is 33.7 Å². The van der Waals surface area contributed by atoms with Crippen LogP contribution >= 0.6 is 11.3 Å². The van der Waals surface area contributed by atoms with Gasteiger partial charge < -0.3 is 14.8 Å². The zero-order valence-corrected chi connectivity index (χ0v) is 13.1. The minimum Gasteiger partial charge on any atom is -0.385 e. The van der Waals surface area contributed by atoms with Gasteiger partial charge in [0.1, 0.15) is 0 Å². The SMILES string of the molecule is CNCc1ccc(CN(CCCOC)CCOC)s1. The van der Waals surface area contributed by atoms with Gasteiger partial charge in [-0.1, -0.05) is 0 Å². The van der Waals surface area contributed by atoms with Crippen molar-refractivity contribution in [2.24, 2.45) is 0 Å². The Kier molecular flexibility index (Phi) is 9.03. The van der Waals surface area contributed by atoms with E-state index in [0.29, 0.717) is 0 Å². The number of hydrogen-bond acceptors (Lipinski definition) is 5. The summed E-state index contributed by atoms with van der Waals surface area (Å²) >= 11 is 1.88. The highest BCUT2D eigenvalue weighted by molar-refractivity contribution is 7.11. The normalized spacial score (nSPS) is 11.4. The number of hydrogen-bond donors (Lipinski definition) is 1. The van der Waals surface area contributed by atoms with Gasteiger partial charge in [-0.3, -0.25) is 4.90 Å². The van der Waals surface area contributed by atoms with E-state index in [0.717, 1.165) is 45.8 Å². The molecule has 1 heterocycles. The van der Waals surface area contributed by atoms with Crippen LogP contribution in [-0.4, -0.2) is 52.5 Å². The molecule has 0 saturated heterocycles. The summed E-state index contributed by atoms with van der Waals surface area (Å²) in [4.78, 5) is 5.23. The molecule has 19 heavy (non-hydrogen) atoms. The van der Waals surface area contributed by atoms with Crippen LogP contribution in [0.1, 0.15) is 16.2 Å². The lowest BCUT2D eigenvalue weighted by molar-refractivity contribution is 0.130. The molecule has 1 N–H and O–H groups in total. The lowest BCUT2D eigenvalue weighted by Gasteiger charge is -2.21. The number of thiophene rings is 1. The van der Waals surface area contributed by atoms with Gasteiger partial charge in [-0.25, -0.2) is 0 Å². The van der Waals surface area contributed by atoms with Gasteiger partial charge in [0.15, 0.2) is 0 Å². The zero-order valence-electron chi connectivity index (χ0n) is 12.3. The molecule has 0 aliphatic carbocycles. The first kappa shape index (κ1) is 16.6. The fraction of sp³-hybridized carbons (Fsp3) is 0.714. The van der Waals surface area contributed by atoms with E-state index in [9.17, 15) is 0 Å². The Labute approximate surface area is 120 Å². The molecule has 1 aromatic heterocycles. The maximum atomic E-state index is 5.18. The first-order valence-corrected chi connectivity index (χ1v) is 7.54. The Morgan fingerprint density at radius 3 is 2.53 bits per heavy atom. The van der Waals surface area contributed by atoms with Gasteiger partial charge in [-0.15, -0.1) is 11.3 Å². The van der Waals surface area contributed by atoms with Crippen LogP contribution in [0.4, 0.5) is 0 Å². The van der Waals surface area contributed by atoms with E-state index < -0.39 is 0 Å². The summed E-state index contributed by atoms with van der Waals surface area (Å²) in [5, 5.41) is 3.19.